The molecule has 0 unspecified atom stereocenters. The summed E-state index contributed by atoms with van der Waals surface area (Å²) in [5.74, 6) is -0.557. The molecule has 0 bridgehead atoms. The molecular formula is C11H9FN2O2. The summed E-state index contributed by atoms with van der Waals surface area (Å²) in [6.45, 7) is 1.66. The van der Waals surface area contributed by atoms with E-state index in [0.717, 1.165) is 6.07 Å². The fraction of sp³-hybridized carbons (Fsp3) is 0.0909. The normalized spacial score (nSPS) is 10.4. The zero-order valence-corrected chi connectivity index (χ0v) is 8.49. The minimum atomic E-state index is -0.584. The quantitative estimate of drug-likeness (QED) is 0.766. The van der Waals surface area contributed by atoms with Gasteiger partial charge >= 0.3 is 0 Å². The van der Waals surface area contributed by atoms with Crippen LogP contribution in [0.4, 0.5) is 4.39 Å². The third-order valence-corrected chi connectivity index (χ3v) is 2.03. The van der Waals surface area contributed by atoms with Crippen LogP contribution < -0.4 is 5.56 Å². The van der Waals surface area contributed by atoms with E-state index in [2.05, 4.69) is 9.97 Å². The van der Waals surface area contributed by atoms with Crippen molar-refractivity contribution in [3.05, 3.63) is 46.1 Å². The third-order valence-electron chi connectivity index (χ3n) is 2.03. The number of phenolic OH excluding ortho intramolecular Hbond substituents is 1. The summed E-state index contributed by atoms with van der Waals surface area (Å²) in [4.78, 5) is 17.7. The van der Waals surface area contributed by atoms with Crippen LogP contribution in [-0.4, -0.2) is 15.1 Å². The summed E-state index contributed by atoms with van der Waals surface area (Å²) >= 11 is 0. The predicted octanol–water partition coefficient (Wildman–Crippen LogP) is 1.59. The number of H-pyrrole nitrogens is 1. The number of rotatable bonds is 1. The molecule has 1 aromatic heterocycles. The summed E-state index contributed by atoms with van der Waals surface area (Å²) in [6.07, 6.45) is 0. The van der Waals surface area contributed by atoms with E-state index >= 15 is 0 Å². The molecule has 0 saturated heterocycles. The van der Waals surface area contributed by atoms with Crippen molar-refractivity contribution in [3.8, 4) is 17.1 Å². The maximum absolute atomic E-state index is 13.0. The summed E-state index contributed by atoms with van der Waals surface area (Å²) in [7, 11) is 0. The van der Waals surface area contributed by atoms with Crippen molar-refractivity contribution in [1.82, 2.24) is 9.97 Å². The summed E-state index contributed by atoms with van der Waals surface area (Å²) in [5, 5.41) is 9.23. The Labute approximate surface area is 90.4 Å². The number of phenols is 1. The van der Waals surface area contributed by atoms with Gasteiger partial charge in [-0.25, -0.2) is 9.37 Å². The van der Waals surface area contributed by atoms with Gasteiger partial charge < -0.3 is 10.1 Å². The topological polar surface area (TPSA) is 66.0 Å². The number of hydrogen-bond donors (Lipinski definition) is 2. The molecule has 1 heterocycles. The van der Waals surface area contributed by atoms with Crippen LogP contribution >= 0.6 is 0 Å². The van der Waals surface area contributed by atoms with E-state index in [4.69, 9.17) is 0 Å². The molecule has 2 aromatic rings. The summed E-state index contributed by atoms with van der Waals surface area (Å²) in [6, 6.07) is 4.85. The molecule has 0 aliphatic heterocycles. The standard InChI is InChI=1S/C11H9FN2O2/c1-6-2-10(16)14-11(13-6)7-3-8(12)5-9(15)4-7/h2-5,15H,1H3,(H,13,14,16). The fourth-order valence-electron chi connectivity index (χ4n) is 1.43. The Morgan fingerprint density at radius 1 is 1.31 bits per heavy atom. The molecule has 0 aliphatic carbocycles. The zero-order chi connectivity index (χ0) is 11.7. The van der Waals surface area contributed by atoms with Gasteiger partial charge in [-0.3, -0.25) is 4.79 Å². The largest absolute Gasteiger partial charge is 0.508 e. The molecule has 0 aliphatic rings. The number of hydrogen-bond acceptors (Lipinski definition) is 3. The fourth-order valence-corrected chi connectivity index (χ4v) is 1.43. The first-order valence-corrected chi connectivity index (χ1v) is 4.62. The number of aromatic amines is 1. The van der Waals surface area contributed by atoms with Crippen LogP contribution in [0, 0.1) is 12.7 Å². The Morgan fingerprint density at radius 3 is 2.69 bits per heavy atom. The molecule has 2 N–H and O–H groups in total. The monoisotopic (exact) mass is 220 g/mol. The minimum Gasteiger partial charge on any atom is -0.508 e. The first-order valence-electron chi connectivity index (χ1n) is 4.62. The maximum atomic E-state index is 13.0. The van der Waals surface area contributed by atoms with Gasteiger partial charge in [-0.05, 0) is 19.1 Å². The summed E-state index contributed by atoms with van der Waals surface area (Å²) in [5.41, 5.74) is 0.548. The van der Waals surface area contributed by atoms with E-state index in [1.807, 2.05) is 0 Å². The van der Waals surface area contributed by atoms with Crippen LogP contribution in [0.3, 0.4) is 0 Å². The highest BCUT2D eigenvalue weighted by Crippen LogP contribution is 2.21. The van der Waals surface area contributed by atoms with Gasteiger partial charge in [-0.2, -0.15) is 0 Å². The Bertz CT molecular complexity index is 573. The number of aryl methyl sites for hydroxylation is 1. The highest BCUT2D eigenvalue weighted by Gasteiger charge is 2.05. The van der Waals surface area contributed by atoms with Crippen LogP contribution in [-0.2, 0) is 0 Å². The second-order valence-corrected chi connectivity index (χ2v) is 3.43. The molecule has 0 atom stereocenters. The molecule has 16 heavy (non-hydrogen) atoms. The highest BCUT2D eigenvalue weighted by atomic mass is 19.1. The average molecular weight is 220 g/mol. The van der Waals surface area contributed by atoms with E-state index < -0.39 is 5.82 Å². The van der Waals surface area contributed by atoms with Crippen LogP contribution in [0.5, 0.6) is 5.75 Å². The van der Waals surface area contributed by atoms with Crippen LogP contribution in [0.25, 0.3) is 11.4 Å². The van der Waals surface area contributed by atoms with Gasteiger partial charge in [0.15, 0.2) is 0 Å². The molecule has 0 spiro atoms. The Hall–Kier alpha value is -2.17. The maximum Gasteiger partial charge on any atom is 0.251 e. The SMILES string of the molecule is Cc1cc(=O)[nH]c(-c2cc(O)cc(F)c2)n1. The number of benzene rings is 1. The zero-order valence-electron chi connectivity index (χ0n) is 8.49. The smallest absolute Gasteiger partial charge is 0.251 e. The van der Waals surface area contributed by atoms with Gasteiger partial charge in [-0.15, -0.1) is 0 Å². The van der Waals surface area contributed by atoms with Gasteiger partial charge in [0.25, 0.3) is 5.56 Å². The number of aromatic hydroxyl groups is 1. The lowest BCUT2D eigenvalue weighted by atomic mass is 10.2. The van der Waals surface area contributed by atoms with E-state index in [9.17, 15) is 14.3 Å². The van der Waals surface area contributed by atoms with E-state index in [-0.39, 0.29) is 17.1 Å². The number of nitrogens with zero attached hydrogens (tertiary/aromatic N) is 1. The number of nitrogens with one attached hydrogen (secondary N) is 1. The van der Waals surface area contributed by atoms with Gasteiger partial charge in [0, 0.05) is 23.4 Å². The Balaban J connectivity index is 2.62. The van der Waals surface area contributed by atoms with E-state index in [1.165, 1.54) is 18.2 Å². The van der Waals surface area contributed by atoms with Crippen LogP contribution in [0.2, 0.25) is 0 Å². The van der Waals surface area contributed by atoms with Crippen molar-refractivity contribution in [1.29, 1.82) is 0 Å². The molecule has 4 nitrogen and oxygen atoms in total. The molecule has 0 amide bonds. The lowest BCUT2D eigenvalue weighted by Gasteiger charge is -2.02. The van der Waals surface area contributed by atoms with Crippen molar-refractivity contribution in [2.45, 2.75) is 6.92 Å². The lowest BCUT2D eigenvalue weighted by Crippen LogP contribution is -2.08. The molecular weight excluding hydrogens is 211 g/mol. The Kier molecular flexibility index (Phi) is 2.44. The second kappa shape index (κ2) is 3.77. The van der Waals surface area contributed by atoms with Gasteiger partial charge in [0.1, 0.15) is 17.4 Å². The van der Waals surface area contributed by atoms with Crippen LogP contribution in [0.1, 0.15) is 5.69 Å². The van der Waals surface area contributed by atoms with Crippen molar-refractivity contribution in [2.75, 3.05) is 0 Å². The molecule has 0 radical (unpaired) electrons. The number of halogens is 1. The molecule has 2 rings (SSSR count). The molecule has 1 aromatic carbocycles. The van der Waals surface area contributed by atoms with Gasteiger partial charge in [0.05, 0.1) is 0 Å². The van der Waals surface area contributed by atoms with Crippen molar-refractivity contribution >= 4 is 0 Å². The summed E-state index contributed by atoms with van der Waals surface area (Å²) < 4.78 is 13.0. The van der Waals surface area contributed by atoms with Crippen LogP contribution in [0.15, 0.2) is 29.1 Å². The first kappa shape index (κ1) is 10.4. The van der Waals surface area contributed by atoms with Crippen molar-refractivity contribution < 1.29 is 9.50 Å². The van der Waals surface area contributed by atoms with Crippen molar-refractivity contribution in [2.24, 2.45) is 0 Å². The van der Waals surface area contributed by atoms with Crippen molar-refractivity contribution in [3.63, 3.8) is 0 Å². The first-order chi connectivity index (χ1) is 7.54. The van der Waals surface area contributed by atoms with Gasteiger partial charge in [-0.1, -0.05) is 0 Å². The van der Waals surface area contributed by atoms with E-state index in [0.29, 0.717) is 11.3 Å². The second-order valence-electron chi connectivity index (χ2n) is 3.43. The molecule has 0 saturated carbocycles. The predicted molar refractivity (Wildman–Crippen MR) is 56.7 cm³/mol. The molecule has 5 heteroatoms. The Morgan fingerprint density at radius 2 is 2.06 bits per heavy atom. The molecule has 0 fully saturated rings. The number of aromatic nitrogens is 2. The average Bonchev–Trinajstić information content (AvgIpc) is 2.14. The van der Waals surface area contributed by atoms with Gasteiger partial charge in [0.2, 0.25) is 0 Å². The highest BCUT2D eigenvalue weighted by molar-refractivity contribution is 5.57. The minimum absolute atomic E-state index is 0.209. The molecule has 82 valence electrons. The van der Waals surface area contributed by atoms with E-state index in [1.54, 1.807) is 6.92 Å². The third kappa shape index (κ3) is 2.08. The lowest BCUT2D eigenvalue weighted by molar-refractivity contribution is 0.469.